The Bertz CT molecular complexity index is 2570. The highest BCUT2D eigenvalue weighted by Crippen LogP contribution is 2.36. The van der Waals surface area contributed by atoms with E-state index in [2.05, 4.69) is 182 Å². The monoisotopic (exact) mass is 582 g/mol. The zero-order valence-electron chi connectivity index (χ0n) is 25.3. The topological polar surface area (TPSA) is 0 Å². The minimum absolute atomic E-state index is 1.23. The summed E-state index contributed by atoms with van der Waals surface area (Å²) in [5.74, 6) is 0. The molecule has 0 unspecified atom stereocenters. The molecule has 214 valence electrons. The molecule has 0 aromatic heterocycles. The number of hydrogen-bond donors (Lipinski definition) is 0. The zero-order valence-corrected chi connectivity index (χ0v) is 25.3. The third kappa shape index (κ3) is 4.64. The lowest BCUT2D eigenvalue weighted by Gasteiger charge is -2.12. The van der Waals surface area contributed by atoms with E-state index in [0.717, 1.165) is 0 Å². The molecule has 9 rings (SSSR count). The van der Waals surface area contributed by atoms with Crippen molar-refractivity contribution in [1.29, 1.82) is 0 Å². The molecule has 0 bridgehead atoms. The van der Waals surface area contributed by atoms with Gasteiger partial charge in [-0.25, -0.2) is 0 Å². The van der Waals surface area contributed by atoms with E-state index in [9.17, 15) is 0 Å². The van der Waals surface area contributed by atoms with Crippen LogP contribution < -0.4 is 0 Å². The van der Waals surface area contributed by atoms with Crippen LogP contribution in [0.3, 0.4) is 0 Å². The number of rotatable bonds is 4. The third-order valence-corrected chi connectivity index (χ3v) is 9.43. The first kappa shape index (κ1) is 26.4. The van der Waals surface area contributed by atoms with Gasteiger partial charge in [-0.1, -0.05) is 158 Å². The van der Waals surface area contributed by atoms with Gasteiger partial charge in [0.2, 0.25) is 0 Å². The largest absolute Gasteiger partial charge is 0.0616 e. The quantitative estimate of drug-likeness (QED) is 0.181. The van der Waals surface area contributed by atoms with Crippen LogP contribution in [0.4, 0.5) is 0 Å². The fourth-order valence-corrected chi connectivity index (χ4v) is 6.99. The van der Waals surface area contributed by atoms with Crippen LogP contribution in [0.2, 0.25) is 0 Å². The van der Waals surface area contributed by atoms with Gasteiger partial charge in [-0.2, -0.15) is 0 Å². The lowest BCUT2D eigenvalue weighted by Crippen LogP contribution is -1.86. The second-order valence-electron chi connectivity index (χ2n) is 12.2. The maximum absolute atomic E-state index is 2.33. The van der Waals surface area contributed by atoms with Crippen molar-refractivity contribution in [3.63, 3.8) is 0 Å². The average Bonchev–Trinajstić information content (AvgIpc) is 3.14. The summed E-state index contributed by atoms with van der Waals surface area (Å²) in [5, 5.41) is 10.2. The van der Waals surface area contributed by atoms with Gasteiger partial charge < -0.3 is 0 Å². The molecule has 9 aromatic carbocycles. The Morgan fingerprint density at radius 1 is 0.196 bits per heavy atom. The Morgan fingerprint density at radius 2 is 0.652 bits per heavy atom. The predicted molar refractivity (Wildman–Crippen MR) is 198 cm³/mol. The molecule has 0 heteroatoms. The highest BCUT2D eigenvalue weighted by molar-refractivity contribution is 6.12. The van der Waals surface area contributed by atoms with E-state index in [-0.39, 0.29) is 0 Å². The van der Waals surface area contributed by atoms with Crippen molar-refractivity contribution in [1.82, 2.24) is 0 Å². The van der Waals surface area contributed by atoms with Gasteiger partial charge >= 0.3 is 0 Å². The molecule has 0 atom stereocenters. The minimum atomic E-state index is 1.23. The molecule has 0 saturated carbocycles. The van der Waals surface area contributed by atoms with Crippen LogP contribution in [0.25, 0.3) is 87.6 Å². The summed E-state index contributed by atoms with van der Waals surface area (Å²) in [6.45, 7) is 0. The molecule has 0 heterocycles. The van der Waals surface area contributed by atoms with Gasteiger partial charge in [0.1, 0.15) is 0 Å². The van der Waals surface area contributed by atoms with Crippen LogP contribution in [0, 0.1) is 0 Å². The van der Waals surface area contributed by atoms with Gasteiger partial charge in [0.15, 0.2) is 0 Å². The van der Waals surface area contributed by atoms with E-state index in [1.807, 2.05) is 0 Å². The smallest absolute Gasteiger partial charge is 0.00990 e. The first-order valence-electron chi connectivity index (χ1n) is 15.9. The Hall–Kier alpha value is -5.98. The van der Waals surface area contributed by atoms with Crippen LogP contribution in [0.1, 0.15) is 0 Å². The summed E-state index contributed by atoms with van der Waals surface area (Å²) < 4.78 is 0. The first-order valence-corrected chi connectivity index (χ1v) is 15.9. The molecule has 0 nitrogen and oxygen atoms in total. The van der Waals surface area contributed by atoms with Gasteiger partial charge in [-0.05, 0) is 112 Å². The normalized spacial score (nSPS) is 11.5. The van der Waals surface area contributed by atoms with Crippen molar-refractivity contribution in [2.75, 3.05) is 0 Å². The molecule has 0 aliphatic rings. The minimum Gasteiger partial charge on any atom is -0.0616 e. The van der Waals surface area contributed by atoms with Crippen molar-refractivity contribution < 1.29 is 0 Å². The number of hydrogen-bond acceptors (Lipinski definition) is 0. The fourth-order valence-electron chi connectivity index (χ4n) is 6.99. The third-order valence-electron chi connectivity index (χ3n) is 9.43. The summed E-state index contributed by atoms with van der Waals surface area (Å²) in [5.41, 5.74) is 9.90. The summed E-state index contributed by atoms with van der Waals surface area (Å²) in [7, 11) is 0. The van der Waals surface area contributed by atoms with Gasteiger partial charge in [0.05, 0.1) is 0 Å². The van der Waals surface area contributed by atoms with Crippen LogP contribution in [0.5, 0.6) is 0 Å². The molecule has 46 heavy (non-hydrogen) atoms. The molecule has 0 N–H and O–H groups in total. The van der Waals surface area contributed by atoms with Gasteiger partial charge in [-0.15, -0.1) is 0 Å². The summed E-state index contributed by atoms with van der Waals surface area (Å²) in [4.78, 5) is 0. The molecule has 0 amide bonds. The first-order chi connectivity index (χ1) is 22.8. The lowest BCUT2D eigenvalue weighted by atomic mass is 9.92. The second-order valence-corrected chi connectivity index (χ2v) is 12.2. The lowest BCUT2D eigenvalue weighted by molar-refractivity contribution is 1.60. The molecule has 0 radical (unpaired) electrons. The van der Waals surface area contributed by atoms with E-state index in [1.54, 1.807) is 0 Å². The van der Waals surface area contributed by atoms with Gasteiger partial charge in [-0.3, -0.25) is 0 Å². The van der Waals surface area contributed by atoms with Crippen molar-refractivity contribution in [2.24, 2.45) is 0 Å². The summed E-state index contributed by atoms with van der Waals surface area (Å²) in [6, 6.07) is 66.6. The van der Waals surface area contributed by atoms with Crippen LogP contribution in [-0.2, 0) is 0 Å². The van der Waals surface area contributed by atoms with Crippen LogP contribution in [0.15, 0.2) is 182 Å². The Kier molecular flexibility index (Phi) is 6.25. The number of fused-ring (bicyclic) bond motifs is 5. The van der Waals surface area contributed by atoms with E-state index >= 15 is 0 Å². The molecule has 0 fully saturated rings. The maximum Gasteiger partial charge on any atom is -0.00990 e. The highest BCUT2D eigenvalue weighted by atomic mass is 14.1. The molecular formula is C46H30. The summed E-state index contributed by atoms with van der Waals surface area (Å²) >= 11 is 0. The highest BCUT2D eigenvalue weighted by Gasteiger charge is 2.09. The van der Waals surface area contributed by atoms with E-state index in [1.165, 1.54) is 87.6 Å². The van der Waals surface area contributed by atoms with Crippen molar-refractivity contribution in [3.05, 3.63) is 182 Å². The van der Waals surface area contributed by atoms with Gasteiger partial charge in [0, 0.05) is 0 Å². The molecule has 0 aliphatic heterocycles. The number of benzene rings is 9. The second kappa shape index (κ2) is 10.9. The Morgan fingerprint density at radius 3 is 1.37 bits per heavy atom. The maximum atomic E-state index is 2.33. The SMILES string of the molecule is c1cc(-c2ccc3cc(-c4ccc(-c5ccc6ccccc6c5)cc4)ccc3c2)cc(-c2cccc3c2ccc2ccccc23)c1. The molecule has 9 aromatic rings. The Labute approximate surface area is 268 Å². The van der Waals surface area contributed by atoms with Crippen LogP contribution >= 0.6 is 0 Å². The average molecular weight is 583 g/mol. The fraction of sp³-hybridized carbons (Fsp3) is 0. The standard InChI is InChI=1S/C46H30/c1-2-9-35-27-37(20-19-31(35)7-1)32-15-17-33(18-16-32)38-21-22-41-29-39(23-24-40(41)28-38)36-10-5-11-42(30-36)44-13-6-14-45-43-12-4-3-8-34(43)25-26-46(44)45/h1-30H. The molecule has 0 saturated heterocycles. The molecular weight excluding hydrogens is 553 g/mol. The molecule has 0 aliphatic carbocycles. The molecule has 0 spiro atoms. The van der Waals surface area contributed by atoms with E-state index in [4.69, 9.17) is 0 Å². The van der Waals surface area contributed by atoms with Gasteiger partial charge in [0.25, 0.3) is 0 Å². The van der Waals surface area contributed by atoms with Crippen LogP contribution in [-0.4, -0.2) is 0 Å². The van der Waals surface area contributed by atoms with Crippen molar-refractivity contribution >= 4 is 43.1 Å². The van der Waals surface area contributed by atoms with E-state index in [0.29, 0.717) is 0 Å². The summed E-state index contributed by atoms with van der Waals surface area (Å²) in [6.07, 6.45) is 0. The zero-order chi connectivity index (χ0) is 30.5. The van der Waals surface area contributed by atoms with Crippen molar-refractivity contribution in [2.45, 2.75) is 0 Å². The van der Waals surface area contributed by atoms with E-state index < -0.39 is 0 Å². The van der Waals surface area contributed by atoms with Crippen molar-refractivity contribution in [3.8, 4) is 44.5 Å². The predicted octanol–water partition coefficient (Wildman–Crippen LogP) is 13.0. The Balaban J connectivity index is 1.02.